The molecule has 0 radical (unpaired) electrons. The minimum absolute atomic E-state index is 0.0998. The van der Waals surface area contributed by atoms with E-state index in [9.17, 15) is 8.42 Å². The lowest BCUT2D eigenvalue weighted by Gasteiger charge is -2.09. The third-order valence-corrected chi connectivity index (χ3v) is 4.24. The summed E-state index contributed by atoms with van der Waals surface area (Å²) in [4.78, 5) is 0. The summed E-state index contributed by atoms with van der Waals surface area (Å²) in [6, 6.07) is 5.67. The van der Waals surface area contributed by atoms with Crippen molar-refractivity contribution in [3.63, 3.8) is 0 Å². The van der Waals surface area contributed by atoms with Gasteiger partial charge in [-0.25, -0.2) is 13.1 Å². The maximum absolute atomic E-state index is 11.3. The zero-order chi connectivity index (χ0) is 12.9. The van der Waals surface area contributed by atoms with E-state index in [4.69, 9.17) is 4.74 Å². The summed E-state index contributed by atoms with van der Waals surface area (Å²) in [6.07, 6.45) is 0.599. The van der Waals surface area contributed by atoms with Crippen LogP contribution in [0, 0.1) is 0 Å². The molecular formula is C11H16BrNO3S. The number of methoxy groups -OCH3 is 1. The summed E-state index contributed by atoms with van der Waals surface area (Å²) >= 11 is 3.38. The van der Waals surface area contributed by atoms with E-state index in [1.165, 1.54) is 0 Å². The van der Waals surface area contributed by atoms with E-state index in [0.29, 0.717) is 13.0 Å². The lowest BCUT2D eigenvalue weighted by Crippen LogP contribution is -2.27. The summed E-state index contributed by atoms with van der Waals surface area (Å²) in [5.41, 5.74) is 0.973. The molecule has 6 heteroatoms. The molecule has 0 aliphatic rings. The zero-order valence-electron chi connectivity index (χ0n) is 9.86. The number of ether oxygens (including phenoxy) is 1. The predicted molar refractivity (Wildman–Crippen MR) is 71.9 cm³/mol. The second-order valence-electron chi connectivity index (χ2n) is 3.50. The molecule has 0 atom stereocenters. The monoisotopic (exact) mass is 321 g/mol. The molecule has 1 aromatic rings. The summed E-state index contributed by atoms with van der Waals surface area (Å²) < 4.78 is 31.2. The number of benzene rings is 1. The third-order valence-electron chi connectivity index (χ3n) is 2.34. The number of nitrogens with one attached hydrogen (secondary N) is 1. The molecule has 0 spiro atoms. The first-order chi connectivity index (χ1) is 7.98. The topological polar surface area (TPSA) is 55.4 Å². The molecule has 1 N–H and O–H groups in total. The highest BCUT2D eigenvalue weighted by Crippen LogP contribution is 2.23. The van der Waals surface area contributed by atoms with Crippen LogP contribution in [-0.2, 0) is 16.4 Å². The van der Waals surface area contributed by atoms with Gasteiger partial charge in [-0.05, 0) is 37.1 Å². The molecule has 0 aliphatic carbocycles. The minimum Gasteiger partial charge on any atom is -0.496 e. The molecular weight excluding hydrogens is 306 g/mol. The molecule has 0 saturated heterocycles. The van der Waals surface area contributed by atoms with Crippen LogP contribution in [-0.4, -0.2) is 27.8 Å². The Morgan fingerprint density at radius 1 is 1.41 bits per heavy atom. The number of hydrogen-bond donors (Lipinski definition) is 1. The molecule has 0 aromatic heterocycles. The quantitative estimate of drug-likeness (QED) is 0.871. The summed E-state index contributed by atoms with van der Waals surface area (Å²) in [5, 5.41) is 0. The van der Waals surface area contributed by atoms with Crippen molar-refractivity contribution in [1.82, 2.24) is 4.72 Å². The van der Waals surface area contributed by atoms with Crippen LogP contribution in [0.5, 0.6) is 5.75 Å². The summed E-state index contributed by atoms with van der Waals surface area (Å²) in [6.45, 7) is 1.99. The minimum atomic E-state index is -3.12. The number of halogens is 1. The second-order valence-corrected chi connectivity index (χ2v) is 6.52. The molecule has 96 valence electrons. The number of sulfonamides is 1. The highest BCUT2D eigenvalue weighted by atomic mass is 79.9. The molecule has 0 amide bonds. The second kappa shape index (κ2) is 6.37. The van der Waals surface area contributed by atoms with Crippen molar-refractivity contribution in [2.45, 2.75) is 13.3 Å². The molecule has 17 heavy (non-hydrogen) atoms. The van der Waals surface area contributed by atoms with E-state index in [-0.39, 0.29) is 5.75 Å². The van der Waals surface area contributed by atoms with Crippen LogP contribution < -0.4 is 9.46 Å². The van der Waals surface area contributed by atoms with Crippen LogP contribution >= 0.6 is 15.9 Å². The Kier molecular flexibility index (Phi) is 5.42. The van der Waals surface area contributed by atoms with E-state index in [1.807, 2.05) is 18.2 Å². The van der Waals surface area contributed by atoms with Crippen LogP contribution in [0.4, 0.5) is 0 Å². The SMILES string of the molecule is CCS(=O)(=O)NCCc1cc(Br)ccc1OC. The van der Waals surface area contributed by atoms with Gasteiger partial charge in [0.05, 0.1) is 12.9 Å². The van der Waals surface area contributed by atoms with Gasteiger partial charge in [0.25, 0.3) is 0 Å². The van der Waals surface area contributed by atoms with Crippen molar-refractivity contribution in [3.8, 4) is 5.75 Å². The Hall–Kier alpha value is -0.590. The van der Waals surface area contributed by atoms with Gasteiger partial charge in [-0.1, -0.05) is 15.9 Å². The Morgan fingerprint density at radius 2 is 2.12 bits per heavy atom. The van der Waals surface area contributed by atoms with E-state index in [2.05, 4.69) is 20.7 Å². The Labute approximate surface area is 111 Å². The van der Waals surface area contributed by atoms with E-state index >= 15 is 0 Å². The van der Waals surface area contributed by atoms with Gasteiger partial charge in [-0.3, -0.25) is 0 Å². The molecule has 0 bridgehead atoms. The van der Waals surface area contributed by atoms with Gasteiger partial charge in [0, 0.05) is 11.0 Å². The summed E-state index contributed by atoms with van der Waals surface area (Å²) in [7, 11) is -1.52. The Balaban J connectivity index is 2.66. The van der Waals surface area contributed by atoms with Gasteiger partial charge in [0.15, 0.2) is 0 Å². The first kappa shape index (κ1) is 14.5. The third kappa shape index (κ3) is 4.65. The molecule has 1 aromatic carbocycles. The summed E-state index contributed by atoms with van der Waals surface area (Å²) in [5.74, 6) is 0.867. The van der Waals surface area contributed by atoms with Crippen LogP contribution in [0.25, 0.3) is 0 Å². The largest absolute Gasteiger partial charge is 0.496 e. The standard InChI is InChI=1S/C11H16BrNO3S/c1-3-17(14,15)13-7-6-9-8-10(12)4-5-11(9)16-2/h4-5,8,13H,3,6-7H2,1-2H3. The van der Waals surface area contributed by atoms with Crippen molar-refractivity contribution in [2.24, 2.45) is 0 Å². The van der Waals surface area contributed by atoms with Crippen LogP contribution in [0.3, 0.4) is 0 Å². The fourth-order valence-electron chi connectivity index (χ4n) is 1.39. The van der Waals surface area contributed by atoms with Gasteiger partial charge in [-0.15, -0.1) is 0 Å². The molecule has 0 aliphatic heterocycles. The van der Waals surface area contributed by atoms with Crippen LogP contribution in [0.1, 0.15) is 12.5 Å². The number of hydrogen-bond acceptors (Lipinski definition) is 3. The highest BCUT2D eigenvalue weighted by molar-refractivity contribution is 9.10. The Bertz CT molecular complexity index is 474. The van der Waals surface area contributed by atoms with E-state index < -0.39 is 10.0 Å². The lowest BCUT2D eigenvalue weighted by atomic mass is 10.1. The van der Waals surface area contributed by atoms with Crippen molar-refractivity contribution in [1.29, 1.82) is 0 Å². The predicted octanol–water partition coefficient (Wildman–Crippen LogP) is 1.94. The highest BCUT2D eigenvalue weighted by Gasteiger charge is 2.07. The van der Waals surface area contributed by atoms with E-state index in [0.717, 1.165) is 15.8 Å². The van der Waals surface area contributed by atoms with Gasteiger partial charge in [0.2, 0.25) is 10.0 Å². The smallest absolute Gasteiger partial charge is 0.211 e. The molecule has 0 fully saturated rings. The van der Waals surface area contributed by atoms with E-state index in [1.54, 1.807) is 14.0 Å². The van der Waals surface area contributed by atoms with Crippen LogP contribution in [0.2, 0.25) is 0 Å². The Morgan fingerprint density at radius 3 is 2.71 bits per heavy atom. The average Bonchev–Trinajstić information content (AvgIpc) is 2.29. The molecule has 0 heterocycles. The van der Waals surface area contributed by atoms with Crippen molar-refractivity contribution < 1.29 is 13.2 Å². The van der Waals surface area contributed by atoms with Gasteiger partial charge >= 0.3 is 0 Å². The maximum Gasteiger partial charge on any atom is 0.211 e. The molecule has 4 nitrogen and oxygen atoms in total. The van der Waals surface area contributed by atoms with Crippen molar-refractivity contribution in [2.75, 3.05) is 19.4 Å². The normalized spacial score (nSPS) is 11.5. The molecule has 1 rings (SSSR count). The van der Waals surface area contributed by atoms with Gasteiger partial charge < -0.3 is 4.74 Å². The fourth-order valence-corrected chi connectivity index (χ4v) is 2.41. The first-order valence-electron chi connectivity index (χ1n) is 5.28. The zero-order valence-corrected chi connectivity index (χ0v) is 12.3. The number of rotatable bonds is 6. The van der Waals surface area contributed by atoms with Crippen molar-refractivity contribution >= 4 is 26.0 Å². The first-order valence-corrected chi connectivity index (χ1v) is 7.72. The molecule has 0 saturated carbocycles. The van der Waals surface area contributed by atoms with Crippen molar-refractivity contribution in [3.05, 3.63) is 28.2 Å². The van der Waals surface area contributed by atoms with Gasteiger partial charge in [-0.2, -0.15) is 0 Å². The average molecular weight is 322 g/mol. The molecule has 0 unspecified atom stereocenters. The lowest BCUT2D eigenvalue weighted by molar-refractivity contribution is 0.409. The fraction of sp³-hybridized carbons (Fsp3) is 0.455. The van der Waals surface area contributed by atoms with Gasteiger partial charge in [0.1, 0.15) is 5.75 Å². The maximum atomic E-state index is 11.3. The van der Waals surface area contributed by atoms with Crippen LogP contribution in [0.15, 0.2) is 22.7 Å².